The number of alkyl halides is 1. The van der Waals surface area contributed by atoms with Gasteiger partial charge in [0.1, 0.15) is 0 Å². The first kappa shape index (κ1) is 15.4. The second kappa shape index (κ2) is 8.35. The quantitative estimate of drug-likeness (QED) is 0.578. The van der Waals surface area contributed by atoms with Crippen molar-refractivity contribution in [1.82, 2.24) is 0 Å². The van der Waals surface area contributed by atoms with Crippen molar-refractivity contribution in [2.24, 2.45) is 5.92 Å². The Bertz CT molecular complexity index is 303. The van der Waals surface area contributed by atoms with Crippen LogP contribution >= 0.6 is 23.4 Å². The van der Waals surface area contributed by atoms with E-state index in [1.807, 2.05) is 12.2 Å². The highest BCUT2D eigenvalue weighted by Crippen LogP contribution is 2.28. The summed E-state index contributed by atoms with van der Waals surface area (Å²) in [5, 5.41) is 0.875. The average Bonchev–Trinajstić information content (AvgIpc) is 2.46. The molecule has 2 rings (SSSR count). The monoisotopic (exact) mass is 302 g/mol. The van der Waals surface area contributed by atoms with Crippen molar-refractivity contribution in [2.75, 3.05) is 19.5 Å². The van der Waals surface area contributed by atoms with E-state index < -0.39 is 0 Å². The Morgan fingerprint density at radius 1 is 1.00 bits per heavy atom. The highest BCUT2D eigenvalue weighted by Gasteiger charge is 2.19. The lowest BCUT2D eigenvalue weighted by Crippen LogP contribution is -2.32. The van der Waals surface area contributed by atoms with Crippen molar-refractivity contribution >= 4 is 23.4 Å². The minimum absolute atomic E-state index is 0.174. The summed E-state index contributed by atoms with van der Waals surface area (Å²) in [6, 6.07) is 0. The number of ether oxygens (including phenoxy) is 2. The zero-order chi connectivity index (χ0) is 13.5. The molecule has 0 N–H and O–H groups in total. The molecule has 19 heavy (non-hydrogen) atoms. The minimum atomic E-state index is -0.174. The largest absolute Gasteiger partial charge is 0.348 e. The topological polar surface area (TPSA) is 18.5 Å². The van der Waals surface area contributed by atoms with Crippen molar-refractivity contribution in [2.45, 2.75) is 42.6 Å². The Kier molecular flexibility index (Phi) is 6.78. The summed E-state index contributed by atoms with van der Waals surface area (Å²) in [5.41, 5.74) is 0. The average molecular weight is 303 g/mol. The maximum Gasteiger partial charge on any atom is 0.177 e. The first-order valence-corrected chi connectivity index (χ1v) is 8.75. The Hall–Kier alpha value is 0.0400. The second-order valence-electron chi connectivity index (χ2n) is 5.17. The fraction of sp³-hybridized carbons (Fsp3) is 0.733. The van der Waals surface area contributed by atoms with Crippen molar-refractivity contribution in [3.8, 4) is 0 Å². The first-order valence-electron chi connectivity index (χ1n) is 7.03. The minimum Gasteiger partial charge on any atom is -0.348 e. The molecule has 0 aromatic heterocycles. The number of hydrogen-bond acceptors (Lipinski definition) is 3. The molecule has 2 nitrogen and oxygen atoms in total. The van der Waals surface area contributed by atoms with Crippen LogP contribution in [0.2, 0.25) is 0 Å². The van der Waals surface area contributed by atoms with Gasteiger partial charge in [0.2, 0.25) is 0 Å². The fourth-order valence-corrected chi connectivity index (χ4v) is 3.08. The van der Waals surface area contributed by atoms with E-state index in [-0.39, 0.29) is 6.29 Å². The van der Waals surface area contributed by atoms with Crippen molar-refractivity contribution in [3.63, 3.8) is 0 Å². The van der Waals surface area contributed by atoms with Gasteiger partial charge in [-0.2, -0.15) is 11.8 Å². The fourth-order valence-electron chi connectivity index (χ4n) is 2.39. The van der Waals surface area contributed by atoms with Crippen LogP contribution in [-0.2, 0) is 9.47 Å². The van der Waals surface area contributed by atoms with Crippen LogP contribution in [-0.4, -0.2) is 36.4 Å². The van der Waals surface area contributed by atoms with Crippen molar-refractivity contribution in [1.29, 1.82) is 0 Å². The maximum absolute atomic E-state index is 6.10. The van der Waals surface area contributed by atoms with Crippen LogP contribution in [0, 0.1) is 5.92 Å². The molecule has 0 spiro atoms. The van der Waals surface area contributed by atoms with Gasteiger partial charge in [-0.3, -0.25) is 0 Å². The van der Waals surface area contributed by atoms with E-state index in [4.69, 9.17) is 21.1 Å². The van der Waals surface area contributed by atoms with Gasteiger partial charge in [0.25, 0.3) is 0 Å². The summed E-state index contributed by atoms with van der Waals surface area (Å²) >= 11 is 7.89. The highest BCUT2D eigenvalue weighted by atomic mass is 35.5. The van der Waals surface area contributed by atoms with E-state index >= 15 is 0 Å². The summed E-state index contributed by atoms with van der Waals surface area (Å²) < 4.78 is 11.2. The highest BCUT2D eigenvalue weighted by molar-refractivity contribution is 7.99. The Labute approximate surface area is 125 Å². The predicted octanol–water partition coefficient (Wildman–Crippen LogP) is 4.00. The molecular formula is C15H23ClO2S. The van der Waals surface area contributed by atoms with Gasteiger partial charge >= 0.3 is 0 Å². The number of rotatable bonds is 4. The third kappa shape index (κ3) is 5.50. The Balaban J connectivity index is 1.66. The Morgan fingerprint density at radius 2 is 1.63 bits per heavy atom. The van der Waals surface area contributed by atoms with Crippen LogP contribution < -0.4 is 0 Å². The molecule has 1 heterocycles. The number of thioether (sulfide) groups is 1. The van der Waals surface area contributed by atoms with E-state index in [0.717, 1.165) is 26.1 Å². The number of hydrogen-bond donors (Lipinski definition) is 0. The van der Waals surface area contributed by atoms with Gasteiger partial charge in [-0.1, -0.05) is 18.2 Å². The lowest BCUT2D eigenvalue weighted by Gasteiger charge is -2.26. The van der Waals surface area contributed by atoms with Gasteiger partial charge in [0.15, 0.2) is 6.29 Å². The van der Waals surface area contributed by atoms with Crippen LogP contribution in [0.1, 0.15) is 25.7 Å². The van der Waals surface area contributed by atoms with E-state index in [0.29, 0.717) is 16.5 Å². The van der Waals surface area contributed by atoms with Crippen LogP contribution in [0.3, 0.4) is 0 Å². The molecule has 2 aliphatic rings. The molecular weight excluding hydrogens is 280 g/mol. The first-order chi connectivity index (χ1) is 9.28. The molecule has 108 valence electrons. The smallest absolute Gasteiger partial charge is 0.177 e. The molecule has 1 aliphatic heterocycles. The third-order valence-corrected chi connectivity index (χ3v) is 5.07. The molecule has 1 aliphatic carbocycles. The predicted molar refractivity (Wildman–Crippen MR) is 82.9 cm³/mol. The van der Waals surface area contributed by atoms with Gasteiger partial charge in [-0.15, -0.1) is 11.6 Å². The van der Waals surface area contributed by atoms with E-state index in [1.165, 1.54) is 12.8 Å². The number of allylic oxidation sites excluding steroid dienone is 3. The lowest BCUT2D eigenvalue weighted by atomic mass is 9.89. The zero-order valence-electron chi connectivity index (χ0n) is 11.5. The van der Waals surface area contributed by atoms with E-state index in [2.05, 4.69) is 18.4 Å². The van der Waals surface area contributed by atoms with Crippen LogP contribution in [0.25, 0.3) is 0 Å². The Morgan fingerprint density at radius 3 is 2.26 bits per heavy atom. The molecule has 0 atom stereocenters. The summed E-state index contributed by atoms with van der Waals surface area (Å²) in [7, 11) is 0. The summed E-state index contributed by atoms with van der Waals surface area (Å²) in [5.74, 6) is 0.689. The zero-order valence-corrected chi connectivity index (χ0v) is 13.0. The van der Waals surface area contributed by atoms with Gasteiger partial charge in [0, 0.05) is 5.38 Å². The van der Waals surface area contributed by atoms with Crippen molar-refractivity contribution in [3.05, 3.63) is 24.3 Å². The van der Waals surface area contributed by atoms with E-state index in [1.54, 1.807) is 11.8 Å². The van der Waals surface area contributed by atoms with Gasteiger partial charge in [-0.05, 0) is 43.9 Å². The molecule has 0 aromatic carbocycles. The third-order valence-electron chi connectivity index (χ3n) is 3.69. The summed E-state index contributed by atoms with van der Waals surface area (Å²) in [4.78, 5) is 0. The van der Waals surface area contributed by atoms with E-state index in [9.17, 15) is 0 Å². The molecule has 0 unspecified atom stereocenters. The molecule has 1 saturated carbocycles. The molecule has 0 radical (unpaired) electrons. The standard InChI is InChI=1S/C15H23ClO2S/c1-19-14-10-17-15(18-11-14)5-3-2-4-12-6-8-13(16)9-7-12/h2-5,12-15H,6-11H2,1H3/b4-2+,5-3+. The molecule has 1 saturated heterocycles. The molecule has 0 bridgehead atoms. The number of halogens is 1. The molecule has 0 amide bonds. The molecule has 4 heteroatoms. The summed E-state index contributed by atoms with van der Waals surface area (Å²) in [6.07, 6.45) is 15.1. The lowest BCUT2D eigenvalue weighted by molar-refractivity contribution is -0.146. The molecule has 0 aromatic rings. The summed E-state index contributed by atoms with van der Waals surface area (Å²) in [6.45, 7) is 1.55. The van der Waals surface area contributed by atoms with Gasteiger partial charge in [-0.25, -0.2) is 0 Å². The van der Waals surface area contributed by atoms with Gasteiger partial charge < -0.3 is 9.47 Å². The van der Waals surface area contributed by atoms with Crippen LogP contribution in [0.4, 0.5) is 0 Å². The van der Waals surface area contributed by atoms with Crippen molar-refractivity contribution < 1.29 is 9.47 Å². The maximum atomic E-state index is 6.10. The van der Waals surface area contributed by atoms with Crippen LogP contribution in [0.15, 0.2) is 24.3 Å². The van der Waals surface area contributed by atoms with Crippen LogP contribution in [0.5, 0.6) is 0 Å². The molecule has 2 fully saturated rings. The normalized spacial score (nSPS) is 37.2. The van der Waals surface area contributed by atoms with Gasteiger partial charge in [0.05, 0.1) is 18.5 Å². The SMILES string of the molecule is CSC1COC(/C=C/C=C/C2CCC(Cl)CC2)OC1. The second-order valence-corrected chi connectivity index (χ2v) is 6.93.